The lowest BCUT2D eigenvalue weighted by Crippen LogP contribution is -1.91. The zero-order chi connectivity index (χ0) is 12.3. The zero-order valence-electron chi connectivity index (χ0n) is 9.61. The minimum Gasteiger partial charge on any atom is -0.493 e. The van der Waals surface area contributed by atoms with Crippen molar-refractivity contribution in [2.45, 2.75) is 0 Å². The predicted molar refractivity (Wildman–Crippen MR) is 75.5 cm³/mol. The van der Waals surface area contributed by atoms with Crippen molar-refractivity contribution in [1.82, 2.24) is 4.98 Å². The Morgan fingerprint density at radius 1 is 1.00 bits per heavy atom. The molecular weight excluding hydrogens is 329 g/mol. The summed E-state index contributed by atoms with van der Waals surface area (Å²) in [6.07, 6.45) is 1.80. The molecule has 0 amide bonds. The Hall–Kier alpha value is -1.30. The lowest BCUT2D eigenvalue weighted by molar-refractivity contribution is 0.355. The number of benzene rings is 1. The second-order valence-electron chi connectivity index (χ2n) is 3.43. The van der Waals surface area contributed by atoms with Crippen molar-refractivity contribution in [3.63, 3.8) is 0 Å². The Labute approximate surface area is 114 Å². The highest BCUT2D eigenvalue weighted by Gasteiger charge is 2.06. The number of hydrogen-bond acceptors (Lipinski definition) is 3. The molecule has 0 unspecified atom stereocenters. The molecule has 88 valence electrons. The molecule has 0 spiro atoms. The first kappa shape index (κ1) is 12.2. The van der Waals surface area contributed by atoms with Crippen molar-refractivity contribution in [2.75, 3.05) is 14.2 Å². The number of rotatable bonds is 3. The summed E-state index contributed by atoms with van der Waals surface area (Å²) in [7, 11) is 3.26. The molecule has 0 fully saturated rings. The van der Waals surface area contributed by atoms with Gasteiger partial charge in [-0.3, -0.25) is 4.98 Å². The smallest absolute Gasteiger partial charge is 0.161 e. The van der Waals surface area contributed by atoms with Crippen LogP contribution in [0.1, 0.15) is 0 Å². The SMILES string of the molecule is COc1ccc(-c2cc(I)ccn2)cc1OC. The highest BCUT2D eigenvalue weighted by molar-refractivity contribution is 14.1. The molecule has 0 aliphatic rings. The van der Waals surface area contributed by atoms with Crippen LogP contribution in [0, 0.1) is 3.57 Å². The summed E-state index contributed by atoms with van der Waals surface area (Å²) in [6.45, 7) is 0. The Kier molecular flexibility index (Phi) is 3.83. The fraction of sp³-hybridized carbons (Fsp3) is 0.154. The molecule has 3 nitrogen and oxygen atoms in total. The molecule has 0 N–H and O–H groups in total. The van der Waals surface area contributed by atoms with E-state index in [-0.39, 0.29) is 0 Å². The molecule has 1 aromatic carbocycles. The number of ether oxygens (including phenoxy) is 2. The van der Waals surface area contributed by atoms with E-state index in [1.165, 1.54) is 0 Å². The number of nitrogens with zero attached hydrogens (tertiary/aromatic N) is 1. The highest BCUT2D eigenvalue weighted by Crippen LogP contribution is 2.31. The van der Waals surface area contributed by atoms with Crippen LogP contribution in [0.5, 0.6) is 11.5 Å². The molecule has 4 heteroatoms. The molecule has 0 atom stereocenters. The fourth-order valence-electron chi connectivity index (χ4n) is 1.56. The van der Waals surface area contributed by atoms with E-state index in [0.29, 0.717) is 5.75 Å². The number of aromatic nitrogens is 1. The third kappa shape index (κ3) is 2.69. The van der Waals surface area contributed by atoms with Crippen LogP contribution in [-0.4, -0.2) is 19.2 Å². The lowest BCUT2D eigenvalue weighted by atomic mass is 10.1. The molecule has 2 aromatic rings. The van der Waals surface area contributed by atoms with Gasteiger partial charge in [0.25, 0.3) is 0 Å². The van der Waals surface area contributed by atoms with E-state index in [9.17, 15) is 0 Å². The third-order valence-corrected chi connectivity index (χ3v) is 3.07. The maximum atomic E-state index is 5.27. The number of methoxy groups -OCH3 is 2. The average molecular weight is 341 g/mol. The van der Waals surface area contributed by atoms with Crippen LogP contribution < -0.4 is 9.47 Å². The van der Waals surface area contributed by atoms with Gasteiger partial charge in [0.15, 0.2) is 11.5 Å². The van der Waals surface area contributed by atoms with Gasteiger partial charge in [-0.1, -0.05) is 0 Å². The quantitative estimate of drug-likeness (QED) is 0.803. The summed E-state index contributed by atoms with van der Waals surface area (Å²) in [4.78, 5) is 4.34. The summed E-state index contributed by atoms with van der Waals surface area (Å²) in [5.74, 6) is 1.44. The van der Waals surface area contributed by atoms with Gasteiger partial charge < -0.3 is 9.47 Å². The van der Waals surface area contributed by atoms with E-state index in [2.05, 4.69) is 27.6 Å². The molecule has 2 rings (SSSR count). The van der Waals surface area contributed by atoms with Crippen LogP contribution in [0.15, 0.2) is 36.5 Å². The van der Waals surface area contributed by atoms with E-state index in [4.69, 9.17) is 9.47 Å². The first-order chi connectivity index (χ1) is 8.24. The van der Waals surface area contributed by atoms with Gasteiger partial charge in [0.1, 0.15) is 0 Å². The van der Waals surface area contributed by atoms with Crippen molar-refractivity contribution in [2.24, 2.45) is 0 Å². The Balaban J connectivity index is 2.46. The van der Waals surface area contributed by atoms with E-state index in [0.717, 1.165) is 20.6 Å². The van der Waals surface area contributed by atoms with E-state index < -0.39 is 0 Å². The predicted octanol–water partition coefficient (Wildman–Crippen LogP) is 3.37. The molecule has 0 saturated heterocycles. The van der Waals surface area contributed by atoms with Gasteiger partial charge in [-0.05, 0) is 52.9 Å². The van der Waals surface area contributed by atoms with Crippen LogP contribution in [0.4, 0.5) is 0 Å². The van der Waals surface area contributed by atoms with E-state index in [1.54, 1.807) is 20.4 Å². The normalized spacial score (nSPS) is 10.1. The first-order valence-corrected chi connectivity index (χ1v) is 6.16. The lowest BCUT2D eigenvalue weighted by Gasteiger charge is -2.09. The maximum absolute atomic E-state index is 5.27. The molecule has 0 radical (unpaired) electrons. The van der Waals surface area contributed by atoms with Crippen LogP contribution in [0.2, 0.25) is 0 Å². The molecule has 1 aromatic heterocycles. The molecule has 0 aliphatic heterocycles. The zero-order valence-corrected chi connectivity index (χ0v) is 11.8. The summed E-state index contributed by atoms with van der Waals surface area (Å²) >= 11 is 2.27. The van der Waals surface area contributed by atoms with Gasteiger partial charge in [-0.15, -0.1) is 0 Å². The van der Waals surface area contributed by atoms with Gasteiger partial charge in [0, 0.05) is 15.3 Å². The topological polar surface area (TPSA) is 31.4 Å². The van der Waals surface area contributed by atoms with Gasteiger partial charge in [0.05, 0.1) is 19.9 Å². The minimum atomic E-state index is 0.714. The molecule has 0 bridgehead atoms. The van der Waals surface area contributed by atoms with Crippen LogP contribution in [0.25, 0.3) is 11.3 Å². The van der Waals surface area contributed by atoms with Gasteiger partial charge in [-0.2, -0.15) is 0 Å². The van der Waals surface area contributed by atoms with Crippen molar-refractivity contribution in [3.05, 3.63) is 40.1 Å². The first-order valence-electron chi connectivity index (χ1n) is 5.08. The average Bonchev–Trinajstić information content (AvgIpc) is 2.38. The third-order valence-electron chi connectivity index (χ3n) is 2.40. The van der Waals surface area contributed by atoms with Gasteiger partial charge in [-0.25, -0.2) is 0 Å². The van der Waals surface area contributed by atoms with Gasteiger partial charge >= 0.3 is 0 Å². The number of pyridine rings is 1. The second-order valence-corrected chi connectivity index (χ2v) is 4.67. The van der Waals surface area contributed by atoms with Crippen molar-refractivity contribution < 1.29 is 9.47 Å². The van der Waals surface area contributed by atoms with Crippen LogP contribution >= 0.6 is 22.6 Å². The summed E-state index contributed by atoms with van der Waals surface area (Å²) < 4.78 is 11.6. The van der Waals surface area contributed by atoms with Crippen molar-refractivity contribution in [3.8, 4) is 22.8 Å². The standard InChI is InChI=1S/C13H12INO2/c1-16-12-4-3-9(7-13(12)17-2)11-8-10(14)5-6-15-11/h3-8H,1-2H3. The Bertz CT molecular complexity index is 529. The number of halogens is 1. The van der Waals surface area contributed by atoms with E-state index >= 15 is 0 Å². The monoisotopic (exact) mass is 341 g/mol. The summed E-state index contributed by atoms with van der Waals surface area (Å²) in [6, 6.07) is 9.78. The van der Waals surface area contributed by atoms with Crippen LogP contribution in [-0.2, 0) is 0 Å². The molecule has 1 heterocycles. The fourth-order valence-corrected chi connectivity index (χ4v) is 2.01. The summed E-state index contributed by atoms with van der Waals surface area (Å²) in [5.41, 5.74) is 1.94. The molecule has 0 aliphatic carbocycles. The Morgan fingerprint density at radius 2 is 1.76 bits per heavy atom. The molecular formula is C13H12INO2. The molecule has 0 saturated carbocycles. The van der Waals surface area contributed by atoms with Crippen LogP contribution in [0.3, 0.4) is 0 Å². The maximum Gasteiger partial charge on any atom is 0.161 e. The molecule has 17 heavy (non-hydrogen) atoms. The van der Waals surface area contributed by atoms with Gasteiger partial charge in [0.2, 0.25) is 0 Å². The number of hydrogen-bond donors (Lipinski definition) is 0. The largest absolute Gasteiger partial charge is 0.493 e. The Morgan fingerprint density at radius 3 is 2.41 bits per heavy atom. The highest BCUT2D eigenvalue weighted by atomic mass is 127. The minimum absolute atomic E-state index is 0.714. The van der Waals surface area contributed by atoms with E-state index in [1.807, 2.05) is 30.3 Å². The van der Waals surface area contributed by atoms with Crippen molar-refractivity contribution in [1.29, 1.82) is 0 Å². The second kappa shape index (κ2) is 5.35. The van der Waals surface area contributed by atoms with Crippen molar-refractivity contribution >= 4 is 22.6 Å². The summed E-state index contributed by atoms with van der Waals surface area (Å²) in [5, 5.41) is 0.